The number of hydrogen-bond donors (Lipinski definition) is 1. The zero-order valence-corrected chi connectivity index (χ0v) is 23.2. The van der Waals surface area contributed by atoms with E-state index in [1.54, 1.807) is 7.11 Å². The summed E-state index contributed by atoms with van der Waals surface area (Å²) in [6, 6.07) is 13.3. The zero-order valence-electron chi connectivity index (χ0n) is 21.6. The highest BCUT2D eigenvalue weighted by Crippen LogP contribution is 2.31. The van der Waals surface area contributed by atoms with Gasteiger partial charge in [0.15, 0.2) is 11.5 Å². The number of methoxy groups -OCH3 is 1. The van der Waals surface area contributed by atoms with E-state index >= 15 is 0 Å². The molecule has 1 fully saturated rings. The molecule has 37 heavy (non-hydrogen) atoms. The second kappa shape index (κ2) is 13.2. The Bertz CT molecular complexity index is 1120. The van der Waals surface area contributed by atoms with Crippen LogP contribution in [-0.4, -0.2) is 76.9 Å². The number of hydrogen-bond acceptors (Lipinski definition) is 8. The third kappa shape index (κ3) is 7.90. The standard InChI is InChI=1S/C27H34N4O4S2/c1-19(2)35-25-16-21(6-9-24(25)34-3)23-18-37-27(33)31(29-23)17-20-4-7-22(8-5-20)28-26(32)10-11-30-12-14-36-15-13-30/h4-9,16,19H,10-15,17-18H2,1-3H3,(H,28,32). The second-order valence-corrected chi connectivity index (χ2v) is 11.3. The number of carbonyl (C=O) groups is 2. The highest BCUT2D eigenvalue weighted by molar-refractivity contribution is 8.14. The fraction of sp³-hybridized carbons (Fsp3) is 0.444. The second-order valence-electron chi connectivity index (χ2n) is 9.14. The van der Waals surface area contributed by atoms with Gasteiger partial charge in [0.25, 0.3) is 0 Å². The largest absolute Gasteiger partial charge is 0.493 e. The average molecular weight is 543 g/mol. The van der Waals surface area contributed by atoms with Crippen LogP contribution in [0.15, 0.2) is 47.6 Å². The van der Waals surface area contributed by atoms with Crippen molar-refractivity contribution in [3.8, 4) is 11.5 Å². The molecule has 2 aromatic rings. The lowest BCUT2D eigenvalue weighted by atomic mass is 10.1. The fourth-order valence-electron chi connectivity index (χ4n) is 4.04. The minimum atomic E-state index is -0.0931. The first kappa shape index (κ1) is 27.3. The smallest absolute Gasteiger partial charge is 0.302 e. The van der Waals surface area contributed by atoms with Crippen molar-refractivity contribution in [1.82, 2.24) is 9.91 Å². The van der Waals surface area contributed by atoms with Crippen LogP contribution >= 0.6 is 23.5 Å². The zero-order chi connectivity index (χ0) is 26.2. The number of nitrogens with zero attached hydrogens (tertiary/aromatic N) is 3. The Hall–Kier alpha value is -2.69. The highest BCUT2D eigenvalue weighted by Gasteiger charge is 2.23. The molecule has 10 heteroatoms. The fourth-order valence-corrected chi connectivity index (χ4v) is 5.76. The maximum Gasteiger partial charge on any atom is 0.302 e. The van der Waals surface area contributed by atoms with Crippen LogP contribution in [0.3, 0.4) is 0 Å². The van der Waals surface area contributed by atoms with Gasteiger partial charge in [-0.3, -0.25) is 9.59 Å². The van der Waals surface area contributed by atoms with Gasteiger partial charge in [-0.15, -0.1) is 0 Å². The van der Waals surface area contributed by atoms with Crippen molar-refractivity contribution in [2.24, 2.45) is 5.10 Å². The molecule has 1 N–H and O–H groups in total. The molecule has 0 atom stereocenters. The molecule has 0 saturated carbocycles. The lowest BCUT2D eigenvalue weighted by molar-refractivity contribution is -0.116. The molecular weight excluding hydrogens is 508 g/mol. The van der Waals surface area contributed by atoms with E-state index in [-0.39, 0.29) is 17.3 Å². The Morgan fingerprint density at radius 1 is 1.11 bits per heavy atom. The van der Waals surface area contributed by atoms with Crippen LogP contribution < -0.4 is 14.8 Å². The van der Waals surface area contributed by atoms with Gasteiger partial charge >= 0.3 is 5.24 Å². The van der Waals surface area contributed by atoms with Crippen molar-refractivity contribution < 1.29 is 19.1 Å². The van der Waals surface area contributed by atoms with Crippen molar-refractivity contribution in [3.05, 3.63) is 53.6 Å². The van der Waals surface area contributed by atoms with E-state index in [0.29, 0.717) is 30.2 Å². The van der Waals surface area contributed by atoms with Crippen LogP contribution in [0.4, 0.5) is 10.5 Å². The summed E-state index contributed by atoms with van der Waals surface area (Å²) in [6.45, 7) is 7.17. The van der Waals surface area contributed by atoms with Crippen LogP contribution in [0.2, 0.25) is 0 Å². The van der Waals surface area contributed by atoms with Gasteiger partial charge < -0.3 is 19.7 Å². The van der Waals surface area contributed by atoms with Gasteiger partial charge in [-0.1, -0.05) is 23.9 Å². The van der Waals surface area contributed by atoms with Gasteiger partial charge in [-0.2, -0.15) is 16.9 Å². The van der Waals surface area contributed by atoms with Crippen molar-refractivity contribution in [3.63, 3.8) is 0 Å². The van der Waals surface area contributed by atoms with E-state index in [2.05, 4.69) is 15.3 Å². The minimum Gasteiger partial charge on any atom is -0.493 e. The normalized spacial score (nSPS) is 16.5. The number of nitrogens with one attached hydrogen (secondary N) is 1. The predicted molar refractivity (Wildman–Crippen MR) is 152 cm³/mol. The van der Waals surface area contributed by atoms with E-state index in [0.717, 1.165) is 53.7 Å². The van der Waals surface area contributed by atoms with Gasteiger partial charge in [0.05, 0.1) is 25.5 Å². The number of benzene rings is 2. The third-order valence-electron chi connectivity index (χ3n) is 5.97. The molecule has 0 bridgehead atoms. The summed E-state index contributed by atoms with van der Waals surface area (Å²) in [6.07, 6.45) is 0.491. The molecule has 0 aromatic heterocycles. The van der Waals surface area contributed by atoms with E-state index in [4.69, 9.17) is 9.47 Å². The van der Waals surface area contributed by atoms with E-state index < -0.39 is 0 Å². The Morgan fingerprint density at radius 3 is 2.57 bits per heavy atom. The Morgan fingerprint density at radius 2 is 1.86 bits per heavy atom. The Balaban J connectivity index is 1.37. The molecule has 198 valence electrons. The summed E-state index contributed by atoms with van der Waals surface area (Å²) in [5, 5.41) is 9.02. The van der Waals surface area contributed by atoms with Crippen LogP contribution in [-0.2, 0) is 11.3 Å². The van der Waals surface area contributed by atoms with Gasteiger partial charge in [0.1, 0.15) is 0 Å². The number of carbonyl (C=O) groups excluding carboxylic acids is 2. The van der Waals surface area contributed by atoms with Gasteiger partial charge in [-0.25, -0.2) is 5.01 Å². The van der Waals surface area contributed by atoms with E-state index in [1.807, 2.05) is 68.1 Å². The number of hydrazone groups is 1. The first-order valence-corrected chi connectivity index (χ1v) is 14.6. The summed E-state index contributed by atoms with van der Waals surface area (Å²) >= 11 is 3.19. The molecule has 2 amide bonds. The Labute approximate surface area is 227 Å². The summed E-state index contributed by atoms with van der Waals surface area (Å²) in [5.41, 5.74) is 3.38. The molecule has 0 unspecified atom stereocenters. The molecule has 2 aliphatic heterocycles. The summed E-state index contributed by atoms with van der Waals surface area (Å²) in [7, 11) is 1.61. The first-order valence-electron chi connectivity index (χ1n) is 12.5. The average Bonchev–Trinajstić information content (AvgIpc) is 2.90. The maximum atomic E-state index is 12.6. The molecule has 1 saturated heterocycles. The number of amides is 2. The van der Waals surface area contributed by atoms with Crippen LogP contribution in [0.1, 0.15) is 31.4 Å². The SMILES string of the molecule is COc1ccc(C2=NN(Cc3ccc(NC(=O)CCN4CCSCC4)cc3)C(=O)SC2)cc1OC(C)C. The summed E-state index contributed by atoms with van der Waals surface area (Å²) < 4.78 is 11.3. The summed E-state index contributed by atoms with van der Waals surface area (Å²) in [5.74, 6) is 4.10. The number of ether oxygens (including phenoxy) is 2. The molecule has 0 aliphatic carbocycles. The molecule has 0 radical (unpaired) electrons. The first-order chi connectivity index (χ1) is 17.9. The van der Waals surface area contributed by atoms with E-state index in [9.17, 15) is 9.59 Å². The lowest BCUT2D eigenvalue weighted by Crippen LogP contribution is -2.34. The topological polar surface area (TPSA) is 83.5 Å². The molecule has 0 spiro atoms. The molecule has 2 aliphatic rings. The molecule has 8 nitrogen and oxygen atoms in total. The third-order valence-corrected chi connectivity index (χ3v) is 7.79. The van der Waals surface area contributed by atoms with Crippen molar-refractivity contribution in [1.29, 1.82) is 0 Å². The van der Waals surface area contributed by atoms with E-state index in [1.165, 1.54) is 16.8 Å². The van der Waals surface area contributed by atoms with Crippen molar-refractivity contribution in [2.45, 2.75) is 32.9 Å². The predicted octanol–water partition coefficient (Wildman–Crippen LogP) is 4.93. The van der Waals surface area contributed by atoms with Crippen molar-refractivity contribution in [2.75, 3.05) is 49.3 Å². The number of rotatable bonds is 10. The lowest BCUT2D eigenvalue weighted by Gasteiger charge is -2.25. The molecule has 2 aromatic carbocycles. The maximum absolute atomic E-state index is 12.6. The molecular formula is C27H34N4O4S2. The highest BCUT2D eigenvalue weighted by atomic mass is 32.2. The summed E-state index contributed by atoms with van der Waals surface area (Å²) in [4.78, 5) is 27.3. The number of thioether (sulfide) groups is 2. The van der Waals surface area contributed by atoms with Crippen LogP contribution in [0.5, 0.6) is 11.5 Å². The minimum absolute atomic E-state index is 0.00602. The van der Waals surface area contributed by atoms with Crippen molar-refractivity contribution >= 4 is 46.1 Å². The van der Waals surface area contributed by atoms with Crippen LogP contribution in [0.25, 0.3) is 0 Å². The van der Waals surface area contributed by atoms with Crippen LogP contribution in [0, 0.1) is 0 Å². The van der Waals surface area contributed by atoms with Gasteiger partial charge in [0.2, 0.25) is 5.91 Å². The van der Waals surface area contributed by atoms with Gasteiger partial charge in [0, 0.05) is 54.6 Å². The molecule has 4 rings (SSSR count). The number of anilines is 1. The van der Waals surface area contributed by atoms with Gasteiger partial charge in [-0.05, 0) is 49.7 Å². The monoisotopic (exact) mass is 542 g/mol. The Kier molecular flexibility index (Phi) is 9.76. The molecule has 2 heterocycles. The quantitative estimate of drug-likeness (QED) is 0.456.